The number of rotatable bonds is 7. The van der Waals surface area contributed by atoms with Crippen molar-refractivity contribution in [2.45, 2.75) is 64.7 Å². The van der Waals surface area contributed by atoms with Crippen molar-refractivity contribution < 1.29 is 8.42 Å². The van der Waals surface area contributed by atoms with Crippen molar-refractivity contribution in [3.05, 3.63) is 0 Å². The first-order valence-electron chi connectivity index (χ1n) is 7.60. The zero-order chi connectivity index (χ0) is 14.5. The molecule has 0 heterocycles. The topological polar surface area (TPSA) is 58.2 Å². The summed E-state index contributed by atoms with van der Waals surface area (Å²) in [5.41, 5.74) is 0. The summed E-state index contributed by atoms with van der Waals surface area (Å²) in [5.74, 6) is 1.04. The fraction of sp³-hybridized carbons (Fsp3) is 1.00. The van der Waals surface area contributed by atoms with Gasteiger partial charge in [-0.2, -0.15) is 0 Å². The third-order valence-corrected chi connectivity index (χ3v) is 6.27. The number of sulfonamides is 1. The highest BCUT2D eigenvalue weighted by atomic mass is 32.2. The molecule has 1 saturated carbocycles. The van der Waals surface area contributed by atoms with Crippen molar-refractivity contribution >= 4 is 10.0 Å². The highest BCUT2D eigenvalue weighted by Crippen LogP contribution is 2.30. The molecule has 0 saturated heterocycles. The molecule has 0 aliphatic heterocycles. The molecule has 0 aromatic rings. The lowest BCUT2D eigenvalue weighted by molar-refractivity contribution is 0.226. The summed E-state index contributed by atoms with van der Waals surface area (Å²) >= 11 is 0. The van der Waals surface area contributed by atoms with Gasteiger partial charge in [0.1, 0.15) is 0 Å². The van der Waals surface area contributed by atoms with Gasteiger partial charge < -0.3 is 5.32 Å². The molecule has 0 bridgehead atoms. The fourth-order valence-electron chi connectivity index (χ4n) is 2.67. The monoisotopic (exact) mass is 290 g/mol. The molecule has 2 N–H and O–H groups in total. The van der Waals surface area contributed by atoms with Crippen LogP contribution >= 0.6 is 0 Å². The van der Waals surface area contributed by atoms with Gasteiger partial charge >= 0.3 is 0 Å². The molecule has 0 radical (unpaired) electrons. The van der Waals surface area contributed by atoms with E-state index in [0.717, 1.165) is 25.8 Å². The fourth-order valence-corrected chi connectivity index (χ4v) is 3.99. The second-order valence-electron chi connectivity index (χ2n) is 6.05. The Bertz CT molecular complexity index is 356. The van der Waals surface area contributed by atoms with Gasteiger partial charge in [0.2, 0.25) is 10.0 Å². The number of hydrogen-bond acceptors (Lipinski definition) is 3. The maximum absolute atomic E-state index is 12.3. The minimum atomic E-state index is -3.21. The lowest BCUT2D eigenvalue weighted by Gasteiger charge is -2.35. The molecule has 4 nitrogen and oxygen atoms in total. The van der Waals surface area contributed by atoms with E-state index >= 15 is 0 Å². The Balaban J connectivity index is 2.53. The van der Waals surface area contributed by atoms with Crippen LogP contribution in [0.25, 0.3) is 0 Å². The third-order valence-electron chi connectivity index (χ3n) is 4.41. The van der Waals surface area contributed by atoms with Crippen LogP contribution in [0.4, 0.5) is 0 Å². The second-order valence-corrected chi connectivity index (χ2v) is 8.18. The van der Waals surface area contributed by atoms with E-state index < -0.39 is 10.0 Å². The zero-order valence-electron chi connectivity index (χ0n) is 12.8. The van der Waals surface area contributed by atoms with Crippen LogP contribution in [-0.4, -0.2) is 32.8 Å². The van der Waals surface area contributed by atoms with E-state index in [9.17, 15) is 8.42 Å². The first kappa shape index (κ1) is 16.9. The van der Waals surface area contributed by atoms with E-state index in [2.05, 4.69) is 30.8 Å². The van der Waals surface area contributed by atoms with Gasteiger partial charge in [-0.05, 0) is 38.1 Å². The molecule has 1 rings (SSSR count). The molecule has 0 aromatic carbocycles. The molecule has 1 aliphatic rings. The Morgan fingerprint density at radius 2 is 1.95 bits per heavy atom. The second kappa shape index (κ2) is 7.60. The Morgan fingerprint density at radius 1 is 1.26 bits per heavy atom. The van der Waals surface area contributed by atoms with Crippen LogP contribution < -0.4 is 10.0 Å². The van der Waals surface area contributed by atoms with E-state index in [-0.39, 0.29) is 11.3 Å². The molecule has 114 valence electrons. The van der Waals surface area contributed by atoms with E-state index in [1.165, 1.54) is 6.42 Å². The summed E-state index contributed by atoms with van der Waals surface area (Å²) in [5, 5.41) is 2.81. The average Bonchev–Trinajstić information content (AvgIpc) is 2.35. The number of nitrogens with one attached hydrogen (secondary N) is 2. The normalized spacial score (nSPS) is 30.2. The molecule has 4 atom stereocenters. The van der Waals surface area contributed by atoms with Crippen LogP contribution in [-0.2, 0) is 10.0 Å². The smallest absolute Gasteiger partial charge is 0.215 e. The van der Waals surface area contributed by atoms with E-state index in [0.29, 0.717) is 18.4 Å². The maximum atomic E-state index is 12.3. The first-order valence-corrected chi connectivity index (χ1v) is 9.15. The molecule has 4 unspecified atom stereocenters. The van der Waals surface area contributed by atoms with Crippen molar-refractivity contribution in [1.29, 1.82) is 0 Å². The summed E-state index contributed by atoms with van der Waals surface area (Å²) in [4.78, 5) is 0. The Kier molecular flexibility index (Phi) is 6.77. The predicted octanol–water partition coefficient (Wildman–Crippen LogP) is 2.12. The molecular weight excluding hydrogens is 260 g/mol. The van der Waals surface area contributed by atoms with Crippen LogP contribution in [0.15, 0.2) is 0 Å². The zero-order valence-corrected chi connectivity index (χ0v) is 13.6. The van der Waals surface area contributed by atoms with Crippen LogP contribution in [0.5, 0.6) is 0 Å². The number of hydrogen-bond donors (Lipinski definition) is 2. The van der Waals surface area contributed by atoms with Crippen molar-refractivity contribution in [3.63, 3.8) is 0 Å². The van der Waals surface area contributed by atoms with Gasteiger partial charge in [0, 0.05) is 12.6 Å². The maximum Gasteiger partial charge on any atom is 0.215 e. The lowest BCUT2D eigenvalue weighted by atomic mass is 9.78. The van der Waals surface area contributed by atoms with E-state index in [1.54, 1.807) is 6.92 Å². The first-order chi connectivity index (χ1) is 8.88. The molecule has 0 aromatic heterocycles. The van der Waals surface area contributed by atoms with Crippen LogP contribution in [0.1, 0.15) is 53.4 Å². The summed E-state index contributed by atoms with van der Waals surface area (Å²) in [6.07, 6.45) is 4.34. The van der Waals surface area contributed by atoms with Gasteiger partial charge in [0.25, 0.3) is 0 Å². The molecule has 0 amide bonds. The van der Waals surface area contributed by atoms with E-state index in [4.69, 9.17) is 0 Å². The molecule has 1 aliphatic carbocycles. The molecule has 5 heteroatoms. The summed E-state index contributed by atoms with van der Waals surface area (Å²) < 4.78 is 27.5. The lowest BCUT2D eigenvalue weighted by Crippen LogP contribution is -2.48. The minimum absolute atomic E-state index is 0.113. The minimum Gasteiger partial charge on any atom is -0.315 e. The van der Waals surface area contributed by atoms with Crippen LogP contribution in [0.2, 0.25) is 0 Å². The summed E-state index contributed by atoms with van der Waals surface area (Å²) in [6, 6.07) is 0.113. The average molecular weight is 290 g/mol. The highest BCUT2D eigenvalue weighted by Gasteiger charge is 2.32. The SMILES string of the molecule is CCCNCC(C)S(=O)(=O)NC1CCCC(C)C1C. The van der Waals surface area contributed by atoms with Crippen molar-refractivity contribution in [2.75, 3.05) is 13.1 Å². The van der Waals surface area contributed by atoms with Gasteiger partial charge in [-0.25, -0.2) is 13.1 Å². The van der Waals surface area contributed by atoms with Gasteiger partial charge in [0.05, 0.1) is 5.25 Å². The van der Waals surface area contributed by atoms with Gasteiger partial charge in [-0.15, -0.1) is 0 Å². The molecule has 19 heavy (non-hydrogen) atoms. The van der Waals surface area contributed by atoms with Crippen molar-refractivity contribution in [2.24, 2.45) is 11.8 Å². The third kappa shape index (κ3) is 5.04. The van der Waals surface area contributed by atoms with Gasteiger partial charge in [-0.3, -0.25) is 0 Å². The van der Waals surface area contributed by atoms with Crippen LogP contribution in [0.3, 0.4) is 0 Å². The Hall–Kier alpha value is -0.130. The van der Waals surface area contributed by atoms with E-state index in [1.807, 2.05) is 0 Å². The summed E-state index contributed by atoms with van der Waals surface area (Å²) in [6.45, 7) is 9.64. The quantitative estimate of drug-likeness (QED) is 0.706. The summed E-state index contributed by atoms with van der Waals surface area (Å²) in [7, 11) is -3.21. The standard InChI is InChI=1S/C14H30N2O2S/c1-5-9-15-10-12(3)19(17,18)16-14-8-6-7-11(2)13(14)4/h11-16H,5-10H2,1-4H3. The van der Waals surface area contributed by atoms with Crippen LogP contribution in [0, 0.1) is 11.8 Å². The Morgan fingerprint density at radius 3 is 2.58 bits per heavy atom. The molecule has 0 spiro atoms. The Labute approximate surface area is 118 Å². The van der Waals surface area contributed by atoms with Crippen molar-refractivity contribution in [3.8, 4) is 0 Å². The van der Waals surface area contributed by atoms with Gasteiger partial charge in [0.15, 0.2) is 0 Å². The molecular formula is C14H30N2O2S. The highest BCUT2D eigenvalue weighted by molar-refractivity contribution is 7.90. The predicted molar refractivity (Wildman–Crippen MR) is 80.6 cm³/mol. The van der Waals surface area contributed by atoms with Gasteiger partial charge in [-0.1, -0.05) is 33.6 Å². The molecule has 1 fully saturated rings. The largest absolute Gasteiger partial charge is 0.315 e. The van der Waals surface area contributed by atoms with Crippen molar-refractivity contribution in [1.82, 2.24) is 10.0 Å².